The van der Waals surface area contributed by atoms with Crippen molar-refractivity contribution in [2.24, 2.45) is 5.73 Å². The van der Waals surface area contributed by atoms with E-state index in [9.17, 15) is 13.6 Å². The third-order valence-electron chi connectivity index (χ3n) is 2.46. The monoisotopic (exact) mass is 248 g/mol. The average Bonchev–Trinajstić information content (AvgIpc) is 2.41. The van der Waals surface area contributed by atoms with Crippen LogP contribution in [0.4, 0.5) is 8.78 Å². The van der Waals surface area contributed by atoms with Crippen molar-refractivity contribution in [3.05, 3.63) is 65.0 Å². The Kier molecular flexibility index (Phi) is 3.43. The van der Waals surface area contributed by atoms with Crippen LogP contribution < -0.4 is 5.73 Å². The Balaban J connectivity index is 2.44. The second-order valence-corrected chi connectivity index (χ2v) is 3.69. The van der Waals surface area contributed by atoms with Gasteiger partial charge >= 0.3 is 0 Å². The number of nitrogens with zero attached hydrogens (tertiary/aromatic N) is 1. The van der Waals surface area contributed by atoms with Gasteiger partial charge in [-0.05, 0) is 30.3 Å². The molecule has 1 heterocycles. The summed E-state index contributed by atoms with van der Waals surface area (Å²) in [5.74, 6) is -2.01. The van der Waals surface area contributed by atoms with E-state index in [1.807, 2.05) is 0 Å². The molecule has 0 fully saturated rings. The molecule has 1 aromatic heterocycles. The summed E-state index contributed by atoms with van der Waals surface area (Å²) in [5, 5.41) is 0. The lowest BCUT2D eigenvalue weighted by Crippen LogP contribution is -2.07. The number of carbonyl (C=O) groups excluding carboxylic acids is 1. The van der Waals surface area contributed by atoms with Gasteiger partial charge in [-0.15, -0.1) is 0 Å². The molecular weight excluding hydrogens is 238 g/mol. The van der Waals surface area contributed by atoms with Crippen LogP contribution in [0.3, 0.4) is 0 Å². The Bertz CT molecular complexity index is 599. The third-order valence-corrected chi connectivity index (χ3v) is 2.46. The predicted molar refractivity (Wildman–Crippen MR) is 61.9 cm³/mol. The van der Waals surface area contributed by atoms with Crippen molar-refractivity contribution < 1.29 is 13.6 Å². The number of aromatic nitrogens is 1. The van der Waals surface area contributed by atoms with Gasteiger partial charge in [0.25, 0.3) is 0 Å². The zero-order chi connectivity index (χ0) is 13.1. The summed E-state index contributed by atoms with van der Waals surface area (Å²) >= 11 is 0. The van der Waals surface area contributed by atoms with Crippen LogP contribution in [0.5, 0.6) is 0 Å². The van der Waals surface area contributed by atoms with Crippen molar-refractivity contribution in [2.45, 2.75) is 6.54 Å². The molecule has 2 N–H and O–H groups in total. The summed E-state index contributed by atoms with van der Waals surface area (Å²) in [7, 11) is 0. The Labute approximate surface area is 102 Å². The lowest BCUT2D eigenvalue weighted by Gasteiger charge is -2.04. The molecule has 5 heteroatoms. The zero-order valence-corrected chi connectivity index (χ0v) is 9.36. The molecule has 0 bridgehead atoms. The number of hydrogen-bond acceptors (Lipinski definition) is 3. The van der Waals surface area contributed by atoms with Crippen molar-refractivity contribution in [1.82, 2.24) is 4.98 Å². The van der Waals surface area contributed by atoms with Crippen LogP contribution in [-0.4, -0.2) is 10.8 Å². The highest BCUT2D eigenvalue weighted by Gasteiger charge is 2.15. The molecule has 0 unspecified atom stereocenters. The molecule has 1 aromatic carbocycles. The summed E-state index contributed by atoms with van der Waals surface area (Å²) in [4.78, 5) is 15.9. The van der Waals surface area contributed by atoms with Crippen molar-refractivity contribution in [2.75, 3.05) is 0 Å². The predicted octanol–water partition coefficient (Wildman–Crippen LogP) is 2.05. The third kappa shape index (κ3) is 2.41. The first-order valence-corrected chi connectivity index (χ1v) is 5.26. The highest BCUT2D eigenvalue weighted by atomic mass is 19.1. The minimum Gasteiger partial charge on any atom is -0.325 e. The average molecular weight is 248 g/mol. The molecule has 0 aliphatic carbocycles. The minimum absolute atomic E-state index is 0.173. The normalized spacial score (nSPS) is 10.4. The molecule has 0 amide bonds. The van der Waals surface area contributed by atoms with Crippen molar-refractivity contribution in [3.63, 3.8) is 0 Å². The Morgan fingerprint density at radius 2 is 2.00 bits per heavy atom. The van der Waals surface area contributed by atoms with Gasteiger partial charge in [-0.2, -0.15) is 0 Å². The number of rotatable bonds is 3. The fraction of sp³-hybridized carbons (Fsp3) is 0.0769. The molecule has 0 aliphatic rings. The van der Waals surface area contributed by atoms with E-state index in [-0.39, 0.29) is 17.7 Å². The topological polar surface area (TPSA) is 56.0 Å². The molecular formula is C13H10F2N2O. The standard InChI is InChI=1S/C13H10F2N2O/c14-9-1-2-12(15)11(6-9)13(18)8-3-4-17-10(5-8)7-16/h1-6H,7,16H2. The Morgan fingerprint density at radius 3 is 2.72 bits per heavy atom. The van der Waals surface area contributed by atoms with Gasteiger partial charge in [0.05, 0.1) is 11.3 Å². The summed E-state index contributed by atoms with van der Waals surface area (Å²) < 4.78 is 26.5. The van der Waals surface area contributed by atoms with Crippen LogP contribution in [-0.2, 0) is 6.54 Å². The molecule has 0 saturated carbocycles. The summed E-state index contributed by atoms with van der Waals surface area (Å²) in [6, 6.07) is 5.66. The van der Waals surface area contributed by atoms with Crippen molar-refractivity contribution in [1.29, 1.82) is 0 Å². The summed E-state index contributed by atoms with van der Waals surface area (Å²) in [6.45, 7) is 0.173. The first-order chi connectivity index (χ1) is 8.61. The van der Waals surface area contributed by atoms with E-state index < -0.39 is 17.4 Å². The first kappa shape index (κ1) is 12.3. The van der Waals surface area contributed by atoms with Crippen LogP contribution in [0.1, 0.15) is 21.6 Å². The molecule has 0 atom stereocenters. The highest BCUT2D eigenvalue weighted by molar-refractivity contribution is 6.09. The van der Waals surface area contributed by atoms with Gasteiger partial charge in [-0.1, -0.05) is 0 Å². The lowest BCUT2D eigenvalue weighted by atomic mass is 10.0. The number of ketones is 1. The van der Waals surface area contributed by atoms with Crippen LogP contribution in [0, 0.1) is 11.6 Å². The number of benzene rings is 1. The van der Waals surface area contributed by atoms with Gasteiger partial charge in [0, 0.05) is 18.3 Å². The quantitative estimate of drug-likeness (QED) is 0.846. The van der Waals surface area contributed by atoms with E-state index in [4.69, 9.17) is 5.73 Å². The molecule has 18 heavy (non-hydrogen) atoms. The van der Waals surface area contributed by atoms with Crippen molar-refractivity contribution in [3.8, 4) is 0 Å². The maximum absolute atomic E-state index is 13.5. The van der Waals surface area contributed by atoms with E-state index >= 15 is 0 Å². The van der Waals surface area contributed by atoms with E-state index in [2.05, 4.69) is 4.98 Å². The molecule has 0 aliphatic heterocycles. The number of hydrogen-bond donors (Lipinski definition) is 1. The zero-order valence-electron chi connectivity index (χ0n) is 9.36. The fourth-order valence-corrected chi connectivity index (χ4v) is 1.56. The van der Waals surface area contributed by atoms with E-state index in [1.54, 1.807) is 0 Å². The van der Waals surface area contributed by atoms with Gasteiger partial charge < -0.3 is 5.73 Å². The SMILES string of the molecule is NCc1cc(C(=O)c2cc(F)ccc2F)ccn1. The number of carbonyl (C=O) groups is 1. The van der Waals surface area contributed by atoms with Gasteiger partial charge in [-0.3, -0.25) is 9.78 Å². The van der Waals surface area contributed by atoms with Crippen LogP contribution in [0.25, 0.3) is 0 Å². The van der Waals surface area contributed by atoms with Gasteiger partial charge in [-0.25, -0.2) is 8.78 Å². The summed E-state index contributed by atoms with van der Waals surface area (Å²) in [6.07, 6.45) is 1.41. The number of nitrogens with two attached hydrogens (primary N) is 1. The fourth-order valence-electron chi connectivity index (χ4n) is 1.56. The van der Waals surface area contributed by atoms with Gasteiger partial charge in [0.2, 0.25) is 0 Å². The van der Waals surface area contributed by atoms with Crippen LogP contribution in [0.15, 0.2) is 36.5 Å². The van der Waals surface area contributed by atoms with Gasteiger partial charge in [0.1, 0.15) is 11.6 Å². The smallest absolute Gasteiger partial charge is 0.196 e. The molecule has 2 aromatic rings. The van der Waals surface area contributed by atoms with E-state index in [0.717, 1.165) is 18.2 Å². The molecule has 92 valence electrons. The minimum atomic E-state index is -0.757. The lowest BCUT2D eigenvalue weighted by molar-refractivity contribution is 0.103. The van der Waals surface area contributed by atoms with Crippen molar-refractivity contribution >= 4 is 5.78 Å². The van der Waals surface area contributed by atoms with E-state index in [0.29, 0.717) is 5.69 Å². The van der Waals surface area contributed by atoms with Gasteiger partial charge in [0.15, 0.2) is 5.78 Å². The highest BCUT2D eigenvalue weighted by Crippen LogP contribution is 2.15. The maximum Gasteiger partial charge on any atom is 0.196 e. The number of pyridine rings is 1. The molecule has 0 spiro atoms. The number of halogens is 2. The largest absolute Gasteiger partial charge is 0.325 e. The Morgan fingerprint density at radius 1 is 1.22 bits per heavy atom. The Hall–Kier alpha value is -2.14. The van der Waals surface area contributed by atoms with E-state index in [1.165, 1.54) is 18.3 Å². The summed E-state index contributed by atoms with van der Waals surface area (Å²) in [5.41, 5.74) is 5.85. The second kappa shape index (κ2) is 5.01. The van der Waals surface area contributed by atoms with Crippen LogP contribution >= 0.6 is 0 Å². The first-order valence-electron chi connectivity index (χ1n) is 5.26. The van der Waals surface area contributed by atoms with Crippen LogP contribution in [0.2, 0.25) is 0 Å². The second-order valence-electron chi connectivity index (χ2n) is 3.69. The molecule has 3 nitrogen and oxygen atoms in total. The maximum atomic E-state index is 13.5. The molecule has 2 rings (SSSR count). The molecule has 0 saturated heterocycles. The molecule has 0 radical (unpaired) electrons.